The number of aromatic carboxylic acids is 1. The molecule has 1 aliphatic rings. The summed E-state index contributed by atoms with van der Waals surface area (Å²) in [6, 6.07) is 17.2. The normalized spacial score (nSPS) is 13.8. The van der Waals surface area contributed by atoms with E-state index in [1.807, 2.05) is 10.6 Å². The summed E-state index contributed by atoms with van der Waals surface area (Å²) in [5.74, 6) is -2.53. The van der Waals surface area contributed by atoms with E-state index in [0.29, 0.717) is 23.4 Å². The summed E-state index contributed by atoms with van der Waals surface area (Å²) in [5.41, 5.74) is 1.26. The van der Waals surface area contributed by atoms with E-state index in [9.17, 15) is 14.3 Å². The molecule has 0 saturated heterocycles. The number of hydrogen-bond donors (Lipinski definition) is 1. The van der Waals surface area contributed by atoms with E-state index in [1.54, 1.807) is 19.2 Å². The molecule has 45 heavy (non-hydrogen) atoms. The summed E-state index contributed by atoms with van der Waals surface area (Å²) in [7, 11) is 1.63. The molecule has 1 aliphatic carbocycles. The van der Waals surface area contributed by atoms with Crippen LogP contribution in [0.3, 0.4) is 0 Å². The van der Waals surface area contributed by atoms with E-state index in [-0.39, 0.29) is 52.4 Å². The van der Waals surface area contributed by atoms with Crippen LogP contribution in [0.2, 0.25) is 0 Å². The van der Waals surface area contributed by atoms with E-state index in [2.05, 4.69) is 9.97 Å². The van der Waals surface area contributed by atoms with Gasteiger partial charge in [-0.2, -0.15) is 5.26 Å². The number of imidazole rings is 1. The van der Waals surface area contributed by atoms with Gasteiger partial charge in [0, 0.05) is 30.7 Å². The van der Waals surface area contributed by atoms with Crippen LogP contribution >= 0.6 is 0 Å². The van der Waals surface area contributed by atoms with Gasteiger partial charge in [-0.15, -0.1) is 0 Å². The monoisotopic (exact) mass is 612 g/mol. The van der Waals surface area contributed by atoms with Gasteiger partial charge in [0.15, 0.2) is 0 Å². The minimum absolute atomic E-state index is 0.0490. The zero-order chi connectivity index (χ0) is 31.7. The molecular formula is C34H27F3N4O4. The number of fused-ring (bicyclic) bond motifs is 1. The van der Waals surface area contributed by atoms with Crippen LogP contribution in [0, 0.1) is 28.8 Å². The summed E-state index contributed by atoms with van der Waals surface area (Å²) in [6.45, 7) is 0.215. The molecule has 0 spiro atoms. The Balaban J connectivity index is 1.28. The van der Waals surface area contributed by atoms with Crippen molar-refractivity contribution < 1.29 is 32.5 Å². The van der Waals surface area contributed by atoms with Crippen molar-refractivity contribution in [1.82, 2.24) is 14.5 Å². The van der Waals surface area contributed by atoms with Gasteiger partial charge in [0.25, 0.3) is 0 Å². The Kier molecular flexibility index (Phi) is 7.99. The standard InChI is InChI=1S/C34H27F3N4O4/c1-44-34(10-3-11-34)19-41-30-14-21(33(42)43)8-9-29(30)39-31(41)15-23-13-27(37)24(16-26(23)36)28-4-2-5-32(40-28)45-18-22-7-6-20(17-38)12-25(22)35/h2,4-9,12-14,16H,3,10-11,15,18-19H2,1H3,(H,42,43). The van der Waals surface area contributed by atoms with Gasteiger partial charge < -0.3 is 19.1 Å². The quantitative estimate of drug-likeness (QED) is 0.184. The van der Waals surface area contributed by atoms with Crippen LogP contribution in [0.15, 0.2) is 66.7 Å². The number of aromatic nitrogens is 3. The number of hydrogen-bond acceptors (Lipinski definition) is 6. The number of halogens is 3. The van der Waals surface area contributed by atoms with Crippen molar-refractivity contribution in [1.29, 1.82) is 5.26 Å². The molecule has 0 radical (unpaired) electrons. The van der Waals surface area contributed by atoms with Gasteiger partial charge in [-0.1, -0.05) is 12.1 Å². The van der Waals surface area contributed by atoms with Gasteiger partial charge in [-0.3, -0.25) is 0 Å². The molecule has 5 aromatic rings. The molecule has 3 aromatic carbocycles. The highest BCUT2D eigenvalue weighted by Crippen LogP contribution is 2.38. The molecule has 11 heteroatoms. The number of rotatable bonds is 10. The molecule has 8 nitrogen and oxygen atoms in total. The van der Waals surface area contributed by atoms with Crippen LogP contribution in [0.5, 0.6) is 5.88 Å². The van der Waals surface area contributed by atoms with E-state index >= 15 is 8.78 Å². The SMILES string of the molecule is COC1(Cn2c(Cc3cc(F)c(-c4cccc(OCc5ccc(C#N)cc5F)n4)cc3F)nc3ccc(C(=O)O)cc32)CCC1. The first-order valence-electron chi connectivity index (χ1n) is 14.2. The van der Waals surface area contributed by atoms with Crippen LogP contribution in [-0.2, 0) is 24.3 Å². The number of nitrogens with zero attached hydrogens (tertiary/aromatic N) is 4. The number of carbonyl (C=O) groups is 1. The van der Waals surface area contributed by atoms with Crippen molar-refractivity contribution in [3.8, 4) is 23.2 Å². The minimum Gasteiger partial charge on any atom is -0.478 e. The lowest BCUT2D eigenvalue weighted by Gasteiger charge is -2.41. The highest BCUT2D eigenvalue weighted by molar-refractivity contribution is 5.92. The molecule has 1 fully saturated rings. The second kappa shape index (κ2) is 12.1. The molecule has 228 valence electrons. The fourth-order valence-electron chi connectivity index (χ4n) is 5.52. The minimum atomic E-state index is -1.08. The number of pyridine rings is 1. The molecule has 0 unspecified atom stereocenters. The molecule has 1 N–H and O–H groups in total. The first-order chi connectivity index (χ1) is 21.7. The smallest absolute Gasteiger partial charge is 0.335 e. The summed E-state index contributed by atoms with van der Waals surface area (Å²) in [5, 5.41) is 18.5. The zero-order valence-corrected chi connectivity index (χ0v) is 24.2. The van der Waals surface area contributed by atoms with Crippen molar-refractivity contribution in [3.05, 3.63) is 112 Å². The van der Waals surface area contributed by atoms with Crippen molar-refractivity contribution in [2.24, 2.45) is 0 Å². The molecule has 2 aromatic heterocycles. The fourth-order valence-corrected chi connectivity index (χ4v) is 5.52. The maximum atomic E-state index is 15.6. The Morgan fingerprint density at radius 1 is 1.00 bits per heavy atom. The van der Waals surface area contributed by atoms with Crippen molar-refractivity contribution >= 4 is 17.0 Å². The van der Waals surface area contributed by atoms with Crippen LogP contribution in [0.25, 0.3) is 22.3 Å². The van der Waals surface area contributed by atoms with Gasteiger partial charge in [-0.05, 0) is 73.4 Å². The van der Waals surface area contributed by atoms with E-state index < -0.39 is 29.0 Å². The summed E-state index contributed by atoms with van der Waals surface area (Å²) in [4.78, 5) is 20.6. The van der Waals surface area contributed by atoms with Crippen LogP contribution in [-0.4, -0.2) is 38.3 Å². The molecule has 2 heterocycles. The number of benzene rings is 3. The maximum Gasteiger partial charge on any atom is 0.335 e. The zero-order valence-electron chi connectivity index (χ0n) is 24.2. The lowest BCUT2D eigenvalue weighted by Crippen LogP contribution is -2.43. The molecule has 0 aliphatic heterocycles. The predicted octanol–water partition coefficient (Wildman–Crippen LogP) is 6.82. The predicted molar refractivity (Wildman–Crippen MR) is 158 cm³/mol. The Morgan fingerprint density at radius 3 is 2.49 bits per heavy atom. The van der Waals surface area contributed by atoms with Gasteiger partial charge >= 0.3 is 5.97 Å². The number of nitriles is 1. The number of carboxylic acid groups (broad SMARTS) is 1. The average Bonchev–Trinajstić information content (AvgIpc) is 3.35. The Bertz CT molecular complexity index is 1980. The van der Waals surface area contributed by atoms with E-state index in [4.69, 9.17) is 14.7 Å². The number of carboxylic acids is 1. The molecule has 0 bridgehead atoms. The molecule has 6 rings (SSSR count). The third kappa shape index (κ3) is 5.97. The fraction of sp³-hybridized carbons (Fsp3) is 0.235. The first kappa shape index (κ1) is 29.8. The Hall–Kier alpha value is -5.21. The van der Waals surface area contributed by atoms with Crippen molar-refractivity contribution in [2.45, 2.75) is 44.4 Å². The second-order valence-electron chi connectivity index (χ2n) is 11.0. The topological polar surface area (TPSA) is 110 Å². The van der Waals surface area contributed by atoms with Crippen LogP contribution < -0.4 is 4.74 Å². The molecular weight excluding hydrogens is 585 g/mol. The third-order valence-corrected chi connectivity index (χ3v) is 8.26. The Morgan fingerprint density at radius 2 is 1.80 bits per heavy atom. The molecule has 0 amide bonds. The number of ether oxygens (including phenoxy) is 2. The van der Waals surface area contributed by atoms with Gasteiger partial charge in [0.1, 0.15) is 29.9 Å². The summed E-state index contributed by atoms with van der Waals surface area (Å²) in [6.07, 6.45) is 2.57. The van der Waals surface area contributed by atoms with Crippen LogP contribution in [0.1, 0.15) is 52.1 Å². The first-order valence-corrected chi connectivity index (χ1v) is 14.2. The molecule has 1 saturated carbocycles. The van der Waals surface area contributed by atoms with Gasteiger partial charge in [0.2, 0.25) is 5.88 Å². The number of methoxy groups -OCH3 is 1. The largest absolute Gasteiger partial charge is 0.478 e. The third-order valence-electron chi connectivity index (χ3n) is 8.26. The van der Waals surface area contributed by atoms with Gasteiger partial charge in [-0.25, -0.2) is 27.9 Å². The highest BCUT2D eigenvalue weighted by Gasteiger charge is 2.38. The lowest BCUT2D eigenvalue weighted by molar-refractivity contribution is -0.0832. The summed E-state index contributed by atoms with van der Waals surface area (Å²) >= 11 is 0. The Labute approximate surface area is 256 Å². The second-order valence-corrected chi connectivity index (χ2v) is 11.0. The summed E-state index contributed by atoms with van der Waals surface area (Å²) < 4.78 is 58.6. The van der Waals surface area contributed by atoms with E-state index in [0.717, 1.165) is 37.5 Å². The van der Waals surface area contributed by atoms with E-state index in [1.165, 1.54) is 36.4 Å². The van der Waals surface area contributed by atoms with Gasteiger partial charge in [0.05, 0.1) is 46.1 Å². The van der Waals surface area contributed by atoms with Crippen molar-refractivity contribution in [2.75, 3.05) is 7.11 Å². The average molecular weight is 613 g/mol. The van der Waals surface area contributed by atoms with Crippen LogP contribution in [0.4, 0.5) is 13.2 Å². The lowest BCUT2D eigenvalue weighted by atomic mass is 9.80. The highest BCUT2D eigenvalue weighted by atomic mass is 19.1. The maximum absolute atomic E-state index is 15.6. The van der Waals surface area contributed by atoms with Crippen molar-refractivity contribution in [3.63, 3.8) is 0 Å². The molecule has 0 atom stereocenters.